The molecule has 1 aliphatic carbocycles. The summed E-state index contributed by atoms with van der Waals surface area (Å²) in [6.45, 7) is 7.86. The van der Waals surface area contributed by atoms with Crippen molar-refractivity contribution >= 4 is 5.96 Å². The van der Waals surface area contributed by atoms with Gasteiger partial charge in [0, 0.05) is 25.4 Å². The number of nitrogens with zero attached hydrogens (tertiary/aromatic N) is 2. The maximum Gasteiger partial charge on any atom is 0.213 e. The van der Waals surface area contributed by atoms with Gasteiger partial charge in [0.25, 0.3) is 0 Å². The van der Waals surface area contributed by atoms with Gasteiger partial charge in [0.1, 0.15) is 6.10 Å². The van der Waals surface area contributed by atoms with Crippen LogP contribution in [-0.4, -0.2) is 30.1 Å². The Labute approximate surface area is 132 Å². The number of hydrogen-bond acceptors (Lipinski definition) is 3. The van der Waals surface area contributed by atoms with Crippen molar-refractivity contribution in [2.45, 2.75) is 45.3 Å². The van der Waals surface area contributed by atoms with E-state index in [2.05, 4.69) is 27.2 Å². The number of guanidine groups is 1. The van der Waals surface area contributed by atoms with Crippen molar-refractivity contribution in [3.63, 3.8) is 0 Å². The van der Waals surface area contributed by atoms with Gasteiger partial charge in [-0.05, 0) is 44.2 Å². The molecule has 0 atom stereocenters. The van der Waals surface area contributed by atoms with Crippen LogP contribution in [0.2, 0.25) is 0 Å². The fourth-order valence-corrected chi connectivity index (χ4v) is 2.47. The lowest BCUT2D eigenvalue weighted by Crippen LogP contribution is -2.37. The highest BCUT2D eigenvalue weighted by Crippen LogP contribution is 2.23. The second kappa shape index (κ2) is 9.07. The average molecular weight is 302 g/mol. The minimum Gasteiger partial charge on any atom is -0.474 e. The molecule has 5 nitrogen and oxygen atoms in total. The first kappa shape index (κ1) is 16.3. The first-order chi connectivity index (χ1) is 10.8. The van der Waals surface area contributed by atoms with E-state index in [-0.39, 0.29) is 0 Å². The average Bonchev–Trinajstić information content (AvgIpc) is 3.03. The Bertz CT molecular complexity index is 495. The molecule has 0 spiro atoms. The van der Waals surface area contributed by atoms with Crippen molar-refractivity contribution in [1.29, 1.82) is 0 Å². The summed E-state index contributed by atoms with van der Waals surface area (Å²) in [5.41, 5.74) is 1.10. The molecule has 0 saturated heterocycles. The highest BCUT2D eigenvalue weighted by Gasteiger charge is 2.16. The van der Waals surface area contributed by atoms with Crippen molar-refractivity contribution in [2.75, 3.05) is 13.1 Å². The Kier molecular flexibility index (Phi) is 6.74. The standard InChI is InChI=1S/C17H26N4O/c1-3-10-20-17(18-4-2)21-13-14-9-11-19-16(12-14)22-15-7-5-6-8-15/h3,9,11-12,15H,1,4-8,10,13H2,2H3,(H2,18,20,21). The third-order valence-corrected chi connectivity index (χ3v) is 3.57. The van der Waals surface area contributed by atoms with Crippen LogP contribution in [0.15, 0.2) is 36.0 Å². The van der Waals surface area contributed by atoms with Gasteiger partial charge < -0.3 is 15.4 Å². The minimum absolute atomic E-state index is 0.331. The predicted molar refractivity (Wildman–Crippen MR) is 90.1 cm³/mol. The number of aliphatic imine (C=N–C) groups is 1. The van der Waals surface area contributed by atoms with E-state index in [4.69, 9.17) is 4.74 Å². The molecule has 1 aliphatic rings. The number of ether oxygens (including phenoxy) is 1. The van der Waals surface area contributed by atoms with Crippen molar-refractivity contribution in [3.05, 3.63) is 36.5 Å². The molecule has 22 heavy (non-hydrogen) atoms. The highest BCUT2D eigenvalue weighted by atomic mass is 16.5. The van der Waals surface area contributed by atoms with E-state index in [0.29, 0.717) is 25.1 Å². The maximum absolute atomic E-state index is 5.93. The van der Waals surface area contributed by atoms with Crippen molar-refractivity contribution in [2.24, 2.45) is 4.99 Å². The molecule has 0 unspecified atom stereocenters. The molecule has 1 aromatic heterocycles. The summed E-state index contributed by atoms with van der Waals surface area (Å²) in [6.07, 6.45) is 8.73. The first-order valence-electron chi connectivity index (χ1n) is 8.06. The van der Waals surface area contributed by atoms with Gasteiger partial charge >= 0.3 is 0 Å². The second-order valence-corrected chi connectivity index (χ2v) is 5.39. The van der Waals surface area contributed by atoms with E-state index in [1.165, 1.54) is 12.8 Å². The molecular weight excluding hydrogens is 276 g/mol. The summed E-state index contributed by atoms with van der Waals surface area (Å²) in [4.78, 5) is 8.86. The van der Waals surface area contributed by atoms with Crippen LogP contribution in [0.1, 0.15) is 38.2 Å². The lowest BCUT2D eigenvalue weighted by molar-refractivity contribution is 0.201. The van der Waals surface area contributed by atoms with Crippen molar-refractivity contribution in [1.82, 2.24) is 15.6 Å². The van der Waals surface area contributed by atoms with E-state index in [1.807, 2.05) is 25.1 Å². The lowest BCUT2D eigenvalue weighted by Gasteiger charge is -2.12. The predicted octanol–water partition coefficient (Wildman–Crippen LogP) is 2.64. The molecule has 1 fully saturated rings. The summed E-state index contributed by atoms with van der Waals surface area (Å²) in [7, 11) is 0. The van der Waals surface area contributed by atoms with Gasteiger partial charge in [-0.2, -0.15) is 0 Å². The van der Waals surface area contributed by atoms with E-state index in [1.54, 1.807) is 6.20 Å². The molecule has 1 saturated carbocycles. The molecule has 2 N–H and O–H groups in total. The first-order valence-corrected chi connectivity index (χ1v) is 8.06. The van der Waals surface area contributed by atoms with Gasteiger partial charge in [0.15, 0.2) is 5.96 Å². The zero-order valence-electron chi connectivity index (χ0n) is 13.3. The van der Waals surface area contributed by atoms with Gasteiger partial charge in [0.2, 0.25) is 5.88 Å². The third kappa shape index (κ3) is 5.39. The summed E-state index contributed by atoms with van der Waals surface area (Å²) in [5.74, 6) is 1.50. The normalized spacial score (nSPS) is 15.6. The van der Waals surface area contributed by atoms with E-state index in [0.717, 1.165) is 30.9 Å². The summed E-state index contributed by atoms with van der Waals surface area (Å²) >= 11 is 0. The van der Waals surface area contributed by atoms with Gasteiger partial charge in [-0.1, -0.05) is 6.08 Å². The Morgan fingerprint density at radius 2 is 2.27 bits per heavy atom. The lowest BCUT2D eigenvalue weighted by atomic mass is 10.2. The Morgan fingerprint density at radius 1 is 1.45 bits per heavy atom. The quantitative estimate of drug-likeness (QED) is 0.462. The van der Waals surface area contributed by atoms with Gasteiger partial charge in [-0.25, -0.2) is 9.98 Å². The Hall–Kier alpha value is -2.04. The summed E-state index contributed by atoms with van der Waals surface area (Å²) in [5, 5.41) is 6.39. The topological polar surface area (TPSA) is 58.5 Å². The number of aromatic nitrogens is 1. The van der Waals surface area contributed by atoms with Crippen LogP contribution in [0.4, 0.5) is 0 Å². The Morgan fingerprint density at radius 3 is 3.00 bits per heavy atom. The minimum atomic E-state index is 0.331. The smallest absolute Gasteiger partial charge is 0.213 e. The Balaban J connectivity index is 1.94. The number of pyridine rings is 1. The van der Waals surface area contributed by atoms with Crippen LogP contribution in [0.25, 0.3) is 0 Å². The highest BCUT2D eigenvalue weighted by molar-refractivity contribution is 5.79. The zero-order valence-corrected chi connectivity index (χ0v) is 13.3. The molecule has 1 aromatic rings. The van der Waals surface area contributed by atoms with E-state index >= 15 is 0 Å². The van der Waals surface area contributed by atoms with Gasteiger partial charge in [-0.15, -0.1) is 6.58 Å². The molecule has 120 valence electrons. The van der Waals surface area contributed by atoms with Crippen LogP contribution in [0.3, 0.4) is 0 Å². The molecule has 1 heterocycles. The number of nitrogens with one attached hydrogen (secondary N) is 2. The fourth-order valence-electron chi connectivity index (χ4n) is 2.47. The molecule has 0 radical (unpaired) electrons. The molecule has 0 aliphatic heterocycles. The largest absolute Gasteiger partial charge is 0.474 e. The van der Waals surface area contributed by atoms with E-state index < -0.39 is 0 Å². The molecule has 0 amide bonds. The van der Waals surface area contributed by atoms with Crippen LogP contribution in [0, 0.1) is 0 Å². The molecule has 0 bridgehead atoms. The zero-order chi connectivity index (χ0) is 15.6. The van der Waals surface area contributed by atoms with E-state index in [9.17, 15) is 0 Å². The molecule has 2 rings (SSSR count). The summed E-state index contributed by atoms with van der Waals surface area (Å²) < 4.78 is 5.93. The van der Waals surface area contributed by atoms with Crippen LogP contribution in [-0.2, 0) is 6.54 Å². The van der Waals surface area contributed by atoms with Crippen LogP contribution in [0.5, 0.6) is 5.88 Å². The molecule has 5 heteroatoms. The summed E-state index contributed by atoms with van der Waals surface area (Å²) in [6, 6.07) is 3.96. The van der Waals surface area contributed by atoms with Crippen LogP contribution >= 0.6 is 0 Å². The molecule has 0 aromatic carbocycles. The fraction of sp³-hybridized carbons (Fsp3) is 0.529. The number of rotatable bonds is 7. The number of hydrogen-bond donors (Lipinski definition) is 2. The monoisotopic (exact) mass is 302 g/mol. The van der Waals surface area contributed by atoms with Crippen molar-refractivity contribution in [3.8, 4) is 5.88 Å². The molecular formula is C17H26N4O. The SMILES string of the molecule is C=CCNC(=NCc1ccnc(OC2CCCC2)c1)NCC. The third-order valence-electron chi connectivity index (χ3n) is 3.57. The van der Waals surface area contributed by atoms with Gasteiger partial charge in [-0.3, -0.25) is 0 Å². The maximum atomic E-state index is 5.93. The van der Waals surface area contributed by atoms with Gasteiger partial charge in [0.05, 0.1) is 6.54 Å². The van der Waals surface area contributed by atoms with Crippen molar-refractivity contribution < 1.29 is 4.74 Å². The second-order valence-electron chi connectivity index (χ2n) is 5.39. The van der Waals surface area contributed by atoms with Crippen LogP contribution < -0.4 is 15.4 Å².